The lowest BCUT2D eigenvalue weighted by molar-refractivity contribution is -0.136. The lowest BCUT2D eigenvalue weighted by Gasteiger charge is -2.50. The molecule has 2 fully saturated rings. The zero-order valence-electron chi connectivity index (χ0n) is 14.9. The molecular formula is C18H25N5O2. The number of aryl methyl sites for hydroxylation is 2. The predicted molar refractivity (Wildman–Crippen MR) is 93.2 cm³/mol. The molecule has 7 heteroatoms. The molecule has 2 aromatic rings. The zero-order valence-corrected chi connectivity index (χ0v) is 14.9. The van der Waals surface area contributed by atoms with Crippen LogP contribution in [-0.4, -0.2) is 51.9 Å². The Bertz CT molecular complexity index is 709. The summed E-state index contributed by atoms with van der Waals surface area (Å²) in [6, 6.07) is 2.00. The fraction of sp³-hybridized carbons (Fsp3) is 0.611. The maximum Gasteiger partial charge on any atom is 0.222 e. The second kappa shape index (κ2) is 6.72. The van der Waals surface area contributed by atoms with E-state index in [2.05, 4.69) is 25.3 Å². The summed E-state index contributed by atoms with van der Waals surface area (Å²) in [6.07, 6.45) is 5.89. The van der Waals surface area contributed by atoms with E-state index >= 15 is 0 Å². The third kappa shape index (κ3) is 3.52. The van der Waals surface area contributed by atoms with Gasteiger partial charge in [-0.3, -0.25) is 4.90 Å². The third-order valence-corrected chi connectivity index (χ3v) is 5.20. The van der Waals surface area contributed by atoms with Crippen LogP contribution in [0.25, 0.3) is 0 Å². The molecule has 0 bridgehead atoms. The van der Waals surface area contributed by atoms with Crippen molar-refractivity contribution in [3.63, 3.8) is 0 Å². The molecule has 1 spiro atoms. The van der Waals surface area contributed by atoms with Gasteiger partial charge in [-0.2, -0.15) is 0 Å². The minimum atomic E-state index is 0.0224. The highest BCUT2D eigenvalue weighted by Crippen LogP contribution is 2.42. The monoisotopic (exact) mass is 343 g/mol. The molecule has 1 unspecified atom stereocenters. The van der Waals surface area contributed by atoms with E-state index in [4.69, 9.17) is 9.26 Å². The van der Waals surface area contributed by atoms with Gasteiger partial charge in [-0.15, -0.1) is 0 Å². The molecule has 0 radical (unpaired) electrons. The molecule has 2 saturated heterocycles. The standard InChI is InChI=1S/C18H25N5O2/c1-13-8-20-17(21-9-13)19-5-3-15-4-6-24-18(15)11-23(12-18)10-16-7-14(2)25-22-16/h7-9,15H,3-6,10-12H2,1-2H3,(H,19,20,21). The van der Waals surface area contributed by atoms with E-state index in [-0.39, 0.29) is 5.60 Å². The van der Waals surface area contributed by atoms with Crippen molar-refractivity contribution in [3.05, 3.63) is 35.5 Å². The number of nitrogens with one attached hydrogen (secondary N) is 1. The first kappa shape index (κ1) is 16.5. The summed E-state index contributed by atoms with van der Waals surface area (Å²) in [6.45, 7) is 8.45. The summed E-state index contributed by atoms with van der Waals surface area (Å²) >= 11 is 0. The highest BCUT2D eigenvalue weighted by Gasteiger charge is 2.52. The number of aromatic nitrogens is 3. The van der Waals surface area contributed by atoms with Crippen LogP contribution in [0, 0.1) is 19.8 Å². The van der Waals surface area contributed by atoms with E-state index in [0.29, 0.717) is 11.9 Å². The summed E-state index contributed by atoms with van der Waals surface area (Å²) in [5.41, 5.74) is 2.10. The van der Waals surface area contributed by atoms with Crippen molar-refractivity contribution in [2.75, 3.05) is 31.6 Å². The van der Waals surface area contributed by atoms with Crippen LogP contribution >= 0.6 is 0 Å². The van der Waals surface area contributed by atoms with Gasteiger partial charge in [0.05, 0.1) is 11.3 Å². The van der Waals surface area contributed by atoms with E-state index in [1.165, 1.54) is 0 Å². The molecule has 0 saturated carbocycles. The maximum atomic E-state index is 6.14. The Hall–Kier alpha value is -1.99. The van der Waals surface area contributed by atoms with Crippen LogP contribution in [0.15, 0.2) is 23.0 Å². The molecule has 2 aromatic heterocycles. The second-order valence-electron chi connectivity index (χ2n) is 7.27. The van der Waals surface area contributed by atoms with E-state index in [0.717, 1.165) is 62.6 Å². The topological polar surface area (TPSA) is 76.3 Å². The highest BCUT2D eigenvalue weighted by molar-refractivity contribution is 5.24. The Morgan fingerprint density at radius 1 is 1.28 bits per heavy atom. The largest absolute Gasteiger partial charge is 0.372 e. The van der Waals surface area contributed by atoms with Gasteiger partial charge in [-0.1, -0.05) is 5.16 Å². The molecule has 2 aliphatic rings. The van der Waals surface area contributed by atoms with Crippen LogP contribution in [0.4, 0.5) is 5.95 Å². The number of nitrogens with zero attached hydrogens (tertiary/aromatic N) is 4. The number of likely N-dealkylation sites (tertiary alicyclic amines) is 1. The normalized spacial score (nSPS) is 22.2. The van der Waals surface area contributed by atoms with Gasteiger partial charge in [0.15, 0.2) is 0 Å². The Balaban J connectivity index is 1.26. The van der Waals surface area contributed by atoms with Crippen LogP contribution in [0.1, 0.15) is 29.9 Å². The maximum absolute atomic E-state index is 6.14. The number of anilines is 1. The fourth-order valence-electron chi connectivity index (χ4n) is 3.93. The highest BCUT2D eigenvalue weighted by atomic mass is 16.5. The minimum Gasteiger partial charge on any atom is -0.372 e. The Morgan fingerprint density at radius 3 is 2.80 bits per heavy atom. The van der Waals surface area contributed by atoms with Gasteiger partial charge < -0.3 is 14.6 Å². The van der Waals surface area contributed by atoms with Gasteiger partial charge in [0, 0.05) is 51.2 Å². The number of hydrogen-bond donors (Lipinski definition) is 1. The summed E-state index contributed by atoms with van der Waals surface area (Å²) in [5, 5.41) is 7.40. The van der Waals surface area contributed by atoms with Crippen molar-refractivity contribution in [2.45, 2.75) is 38.8 Å². The quantitative estimate of drug-likeness (QED) is 0.861. The van der Waals surface area contributed by atoms with Crippen molar-refractivity contribution < 1.29 is 9.26 Å². The van der Waals surface area contributed by atoms with Crippen LogP contribution in [0.2, 0.25) is 0 Å². The molecule has 0 amide bonds. The Morgan fingerprint density at radius 2 is 2.08 bits per heavy atom. The van der Waals surface area contributed by atoms with Gasteiger partial charge in [-0.25, -0.2) is 9.97 Å². The predicted octanol–water partition coefficient (Wildman–Crippen LogP) is 2.17. The molecular weight excluding hydrogens is 318 g/mol. The van der Waals surface area contributed by atoms with E-state index in [9.17, 15) is 0 Å². The third-order valence-electron chi connectivity index (χ3n) is 5.20. The summed E-state index contributed by atoms with van der Waals surface area (Å²) in [7, 11) is 0. The number of hydrogen-bond acceptors (Lipinski definition) is 7. The number of rotatable bonds is 6. The van der Waals surface area contributed by atoms with Gasteiger partial charge in [0.25, 0.3) is 0 Å². The first-order valence-electron chi connectivity index (χ1n) is 8.94. The average molecular weight is 343 g/mol. The molecule has 2 aliphatic heterocycles. The van der Waals surface area contributed by atoms with Crippen LogP contribution in [-0.2, 0) is 11.3 Å². The molecule has 0 aliphatic carbocycles. The molecule has 134 valence electrons. The molecule has 7 nitrogen and oxygen atoms in total. The Kier molecular flexibility index (Phi) is 4.43. The van der Waals surface area contributed by atoms with Gasteiger partial charge in [0.2, 0.25) is 5.95 Å². The molecule has 4 rings (SSSR count). The van der Waals surface area contributed by atoms with E-state index in [1.54, 1.807) is 0 Å². The molecule has 4 heterocycles. The lowest BCUT2D eigenvalue weighted by atomic mass is 9.79. The molecule has 25 heavy (non-hydrogen) atoms. The van der Waals surface area contributed by atoms with Crippen molar-refractivity contribution in [3.8, 4) is 0 Å². The van der Waals surface area contributed by atoms with Crippen molar-refractivity contribution >= 4 is 5.95 Å². The summed E-state index contributed by atoms with van der Waals surface area (Å²) in [4.78, 5) is 11.0. The van der Waals surface area contributed by atoms with E-state index in [1.807, 2.05) is 32.3 Å². The fourth-order valence-corrected chi connectivity index (χ4v) is 3.93. The van der Waals surface area contributed by atoms with Crippen LogP contribution in [0.5, 0.6) is 0 Å². The summed E-state index contributed by atoms with van der Waals surface area (Å²) < 4.78 is 11.3. The molecule has 1 N–H and O–H groups in total. The van der Waals surface area contributed by atoms with Gasteiger partial charge in [-0.05, 0) is 38.2 Å². The van der Waals surface area contributed by atoms with E-state index < -0.39 is 0 Å². The van der Waals surface area contributed by atoms with Crippen molar-refractivity contribution in [2.24, 2.45) is 5.92 Å². The first-order chi connectivity index (χ1) is 12.1. The molecule has 0 aromatic carbocycles. The smallest absolute Gasteiger partial charge is 0.222 e. The van der Waals surface area contributed by atoms with Gasteiger partial charge in [0.1, 0.15) is 5.76 Å². The summed E-state index contributed by atoms with van der Waals surface area (Å²) in [5.74, 6) is 2.15. The minimum absolute atomic E-state index is 0.0224. The lowest BCUT2D eigenvalue weighted by Crippen LogP contribution is -2.64. The van der Waals surface area contributed by atoms with Crippen LogP contribution in [0.3, 0.4) is 0 Å². The van der Waals surface area contributed by atoms with Crippen molar-refractivity contribution in [1.82, 2.24) is 20.0 Å². The average Bonchev–Trinajstić information content (AvgIpc) is 3.16. The molecule has 1 atom stereocenters. The Labute approximate surface area is 147 Å². The first-order valence-corrected chi connectivity index (χ1v) is 8.94. The zero-order chi connectivity index (χ0) is 17.3. The van der Waals surface area contributed by atoms with Gasteiger partial charge >= 0.3 is 0 Å². The van der Waals surface area contributed by atoms with Crippen LogP contribution < -0.4 is 5.32 Å². The SMILES string of the molecule is Cc1cnc(NCCC2CCOC23CN(Cc2cc(C)on2)C3)nc1. The number of ether oxygens (including phenoxy) is 1. The van der Waals surface area contributed by atoms with Crippen molar-refractivity contribution in [1.29, 1.82) is 0 Å². The second-order valence-corrected chi connectivity index (χ2v) is 7.27.